The molecule has 0 radical (unpaired) electrons. The van der Waals surface area contributed by atoms with Gasteiger partial charge in [-0.05, 0) is 18.4 Å². The van der Waals surface area contributed by atoms with Crippen molar-refractivity contribution in [1.29, 1.82) is 0 Å². The molecule has 4 bridgehead atoms. The van der Waals surface area contributed by atoms with Crippen molar-refractivity contribution < 1.29 is 86.0 Å². The molecule has 3 saturated heterocycles. The second-order valence-electron chi connectivity index (χ2n) is 19.2. The molecule has 2 spiro atoms. The molecule has 4 aliphatic carbocycles. The summed E-state index contributed by atoms with van der Waals surface area (Å²) in [5.41, 5.74) is -15.1. The molecule has 61 heavy (non-hydrogen) atoms. The first-order valence-corrected chi connectivity index (χ1v) is 20.5. The summed E-state index contributed by atoms with van der Waals surface area (Å²) in [6.07, 6.45) is -6.67. The summed E-state index contributed by atoms with van der Waals surface area (Å²) in [4.78, 5) is 83.8. The number of aliphatic hydroxyl groups excluding tert-OH is 1. The molecular formula is C43H54O18. The number of esters is 6. The molecule has 4 saturated carbocycles. The third kappa shape index (κ3) is 4.77. The molecule has 8 rings (SSSR count). The third-order valence-electron chi connectivity index (χ3n) is 15.3. The summed E-state index contributed by atoms with van der Waals surface area (Å²) in [5, 5.41) is 26.6. The normalized spacial score (nSPS) is 46.7. The van der Waals surface area contributed by atoms with E-state index in [-0.39, 0.29) is 12.0 Å². The van der Waals surface area contributed by atoms with E-state index in [1.165, 1.54) is 32.6 Å². The van der Waals surface area contributed by atoms with Crippen LogP contribution in [0.25, 0.3) is 0 Å². The van der Waals surface area contributed by atoms with Gasteiger partial charge in [0.1, 0.15) is 23.6 Å². The lowest BCUT2D eigenvalue weighted by Gasteiger charge is -2.78. The van der Waals surface area contributed by atoms with Crippen LogP contribution in [0.4, 0.5) is 0 Å². The van der Waals surface area contributed by atoms with Crippen LogP contribution in [0.5, 0.6) is 0 Å². The zero-order valence-corrected chi connectivity index (χ0v) is 36.3. The molecule has 7 unspecified atom stereocenters. The summed E-state index contributed by atoms with van der Waals surface area (Å²) in [6, 6.07) is 1.51. The van der Waals surface area contributed by atoms with Gasteiger partial charge >= 0.3 is 35.8 Å². The van der Waals surface area contributed by atoms with Gasteiger partial charge in [0.05, 0.1) is 36.5 Å². The third-order valence-corrected chi connectivity index (χ3v) is 15.3. The van der Waals surface area contributed by atoms with Crippen molar-refractivity contribution in [3.63, 3.8) is 0 Å². The Morgan fingerprint density at radius 3 is 2.02 bits per heavy atom. The summed E-state index contributed by atoms with van der Waals surface area (Å²) < 4.78 is 64.1. The zero-order valence-electron chi connectivity index (χ0n) is 36.3. The van der Waals surface area contributed by atoms with Gasteiger partial charge in [0.25, 0.3) is 5.97 Å². The summed E-state index contributed by atoms with van der Waals surface area (Å²) in [7, 11) is 1.19. The van der Waals surface area contributed by atoms with Gasteiger partial charge < -0.3 is 57.3 Å². The Bertz CT molecular complexity index is 2150. The highest BCUT2D eigenvalue weighted by Gasteiger charge is 3.07. The van der Waals surface area contributed by atoms with E-state index in [0.29, 0.717) is 0 Å². The molecule has 7 aliphatic rings. The maximum Gasteiger partial charge on any atom is 0.338 e. The SMILES string of the molecule is COC(=O)C[C@H]1C2(C)CC34OC5(C)OC6([C@H](OC(C)=O)C(OC(C)=O)[C@]7(C)C(/C(=C(/O)C(C)C)C(=O)O[C@H]7c7ccoc7)[C@]6(O5)[C@H](OC(C)=O)[C@@]3(O)C2OC(=O)C(C)C)[C@]14C. The maximum atomic E-state index is 15.0. The van der Waals surface area contributed by atoms with Gasteiger partial charge in [0, 0.05) is 62.3 Å². The number of ether oxygens (including phenoxy) is 9. The second-order valence-corrected chi connectivity index (χ2v) is 19.2. The first-order valence-electron chi connectivity index (χ1n) is 20.5. The van der Waals surface area contributed by atoms with E-state index in [1.807, 2.05) is 0 Å². The van der Waals surface area contributed by atoms with Crippen LogP contribution in [0.2, 0.25) is 0 Å². The quantitative estimate of drug-likeness (QED) is 0.156. The molecule has 18 heteroatoms. The molecule has 4 heterocycles. The number of furan rings is 1. The Kier molecular flexibility index (Phi) is 9.21. The molecule has 0 amide bonds. The number of cyclic esters (lactones) is 1. The van der Waals surface area contributed by atoms with Gasteiger partial charge in [-0.2, -0.15) is 0 Å². The largest absolute Gasteiger partial charge is 0.511 e. The van der Waals surface area contributed by atoms with Gasteiger partial charge in [-0.15, -0.1) is 0 Å². The Morgan fingerprint density at radius 2 is 1.48 bits per heavy atom. The molecule has 334 valence electrons. The van der Waals surface area contributed by atoms with Crippen LogP contribution in [0.15, 0.2) is 34.3 Å². The Labute approximate surface area is 351 Å². The van der Waals surface area contributed by atoms with Crippen LogP contribution in [0.3, 0.4) is 0 Å². The van der Waals surface area contributed by atoms with Crippen LogP contribution >= 0.6 is 0 Å². The van der Waals surface area contributed by atoms with E-state index < -0.39 is 152 Å². The van der Waals surface area contributed by atoms with Crippen LogP contribution in [0.1, 0.15) is 101 Å². The number of rotatable bonds is 9. The van der Waals surface area contributed by atoms with Crippen LogP contribution in [-0.2, 0) is 71.4 Å². The minimum Gasteiger partial charge on any atom is -0.511 e. The zero-order chi connectivity index (χ0) is 45.0. The Hall–Kier alpha value is -4.52. The van der Waals surface area contributed by atoms with E-state index in [0.717, 1.165) is 20.8 Å². The van der Waals surface area contributed by atoms with Gasteiger partial charge in [-0.1, -0.05) is 48.5 Å². The van der Waals surface area contributed by atoms with Gasteiger partial charge in [-0.3, -0.25) is 24.0 Å². The number of fused-ring (bicyclic) bond motifs is 3. The van der Waals surface area contributed by atoms with Gasteiger partial charge in [-0.25, -0.2) is 4.79 Å². The van der Waals surface area contributed by atoms with Crippen molar-refractivity contribution in [1.82, 2.24) is 0 Å². The highest BCUT2D eigenvalue weighted by atomic mass is 16.9. The second kappa shape index (κ2) is 13.0. The topological polar surface area (TPSA) is 239 Å². The minimum absolute atomic E-state index is 0.185. The lowest BCUT2D eigenvalue weighted by atomic mass is 9.32. The predicted molar refractivity (Wildman–Crippen MR) is 201 cm³/mol. The summed E-state index contributed by atoms with van der Waals surface area (Å²) in [6.45, 7) is 16.1. The number of methoxy groups -OCH3 is 1. The lowest BCUT2D eigenvalue weighted by molar-refractivity contribution is -0.490. The predicted octanol–water partition coefficient (Wildman–Crippen LogP) is 3.67. The number of allylic oxidation sites excluding steroid dienone is 1. The fraction of sp³-hybridized carbons (Fsp3) is 0.721. The fourth-order valence-electron chi connectivity index (χ4n) is 13.7. The molecule has 15 atom stereocenters. The van der Waals surface area contributed by atoms with Crippen molar-refractivity contribution in [3.05, 3.63) is 35.5 Å². The molecule has 18 nitrogen and oxygen atoms in total. The van der Waals surface area contributed by atoms with E-state index in [2.05, 4.69) is 0 Å². The molecular weight excluding hydrogens is 804 g/mol. The van der Waals surface area contributed by atoms with Crippen LogP contribution in [-0.4, -0.2) is 106 Å². The fourth-order valence-corrected chi connectivity index (χ4v) is 13.7. The highest BCUT2D eigenvalue weighted by Crippen LogP contribution is 2.90. The Balaban J connectivity index is 1.62. The van der Waals surface area contributed by atoms with Crippen LogP contribution < -0.4 is 0 Å². The van der Waals surface area contributed by atoms with E-state index in [9.17, 15) is 39.0 Å². The first-order chi connectivity index (χ1) is 28.3. The molecule has 0 aromatic carbocycles. The van der Waals surface area contributed by atoms with E-state index >= 15 is 0 Å². The maximum absolute atomic E-state index is 15.0. The van der Waals surface area contributed by atoms with Crippen LogP contribution in [0, 0.1) is 39.9 Å². The summed E-state index contributed by atoms with van der Waals surface area (Å²) in [5.74, 6) is -12.4. The van der Waals surface area contributed by atoms with Crippen molar-refractivity contribution in [2.75, 3.05) is 7.11 Å². The van der Waals surface area contributed by atoms with Crippen molar-refractivity contribution >= 4 is 35.8 Å². The molecule has 1 aromatic rings. The van der Waals surface area contributed by atoms with E-state index in [1.54, 1.807) is 48.5 Å². The average Bonchev–Trinajstić information content (AvgIpc) is 3.86. The van der Waals surface area contributed by atoms with Crippen molar-refractivity contribution in [2.24, 2.45) is 39.9 Å². The van der Waals surface area contributed by atoms with Crippen molar-refractivity contribution in [2.45, 2.75) is 148 Å². The summed E-state index contributed by atoms with van der Waals surface area (Å²) >= 11 is 0. The first kappa shape index (κ1) is 43.1. The lowest BCUT2D eigenvalue weighted by Crippen LogP contribution is -2.97. The van der Waals surface area contributed by atoms with Crippen molar-refractivity contribution in [3.8, 4) is 0 Å². The number of carbonyl (C=O) groups excluding carboxylic acids is 6. The molecule has 3 aliphatic heterocycles. The monoisotopic (exact) mass is 858 g/mol. The molecule has 7 fully saturated rings. The standard InChI is InChI=1S/C43H54O18/c1-18(2)27(48)26-28-37(9,29(57-33(26)50)23-13-14-53-16-23)30(54-20(5)44)31(55-21(6)45)43-38(10)24(15-25(47)52-12)36(8)17-40(38)41(51,34(36)58-32(49)19(3)4)35(56-22(7)46)42(28,43)60-39(11,59-40)61-43/h13-14,16,18-19,24,28-31,34-35,48,51H,15,17H2,1-12H3/b27-26-/t24-,28?,29-,30?,31+,34?,35+,36?,37+,38+,39?,40?,41-,42-,43?/m0/s1. The number of aliphatic hydroxyl groups is 2. The number of carbonyl (C=O) groups is 6. The van der Waals surface area contributed by atoms with Gasteiger partial charge in [0.2, 0.25) is 0 Å². The average molecular weight is 859 g/mol. The molecule has 1 aromatic heterocycles. The number of hydrogen-bond acceptors (Lipinski definition) is 18. The minimum atomic E-state index is -2.63. The smallest absolute Gasteiger partial charge is 0.338 e. The van der Waals surface area contributed by atoms with Gasteiger partial charge in [0.15, 0.2) is 35.1 Å². The molecule has 2 N–H and O–H groups in total. The van der Waals surface area contributed by atoms with E-state index in [4.69, 9.17) is 47.0 Å². The highest BCUT2D eigenvalue weighted by molar-refractivity contribution is 5.92. The number of hydrogen-bond donors (Lipinski definition) is 2. The Morgan fingerprint density at radius 1 is 0.852 bits per heavy atom.